The summed E-state index contributed by atoms with van der Waals surface area (Å²) in [5, 5.41) is 7.69. The van der Waals surface area contributed by atoms with Crippen molar-refractivity contribution in [3.63, 3.8) is 0 Å². The summed E-state index contributed by atoms with van der Waals surface area (Å²) in [7, 11) is -3.74. The molecule has 2 heterocycles. The minimum Gasteiger partial charge on any atom is -0.346 e. The molecule has 6 nitrogen and oxygen atoms in total. The summed E-state index contributed by atoms with van der Waals surface area (Å²) in [5.41, 5.74) is 0.951. The molecule has 0 aliphatic heterocycles. The Labute approximate surface area is 177 Å². The first kappa shape index (κ1) is 21.2. The Balaban J connectivity index is 1.70. The van der Waals surface area contributed by atoms with Gasteiger partial charge in [-0.05, 0) is 41.9 Å². The van der Waals surface area contributed by atoms with Crippen LogP contribution in [-0.4, -0.2) is 26.8 Å². The molecule has 1 aromatic carbocycles. The summed E-state index contributed by atoms with van der Waals surface area (Å²) in [4.78, 5) is 25.9. The van der Waals surface area contributed by atoms with Gasteiger partial charge < -0.3 is 10.6 Å². The van der Waals surface area contributed by atoms with Gasteiger partial charge in [0.05, 0.1) is 11.4 Å². The molecule has 0 bridgehead atoms. The number of hydrogen-bond donors (Lipinski definition) is 2. The van der Waals surface area contributed by atoms with Gasteiger partial charge in [-0.3, -0.25) is 9.59 Å². The van der Waals surface area contributed by atoms with Crippen LogP contribution in [0.2, 0.25) is 0 Å². The van der Waals surface area contributed by atoms with E-state index in [9.17, 15) is 18.0 Å². The highest BCUT2D eigenvalue weighted by molar-refractivity contribution is 7.91. The number of carbonyl (C=O) groups excluding carboxylic acids is 2. The van der Waals surface area contributed by atoms with Crippen molar-refractivity contribution in [2.75, 3.05) is 6.54 Å². The van der Waals surface area contributed by atoms with E-state index in [0.29, 0.717) is 4.88 Å². The van der Waals surface area contributed by atoms with Crippen molar-refractivity contribution in [3.05, 3.63) is 74.6 Å². The third-order valence-corrected chi connectivity index (χ3v) is 8.35. The van der Waals surface area contributed by atoms with Crippen LogP contribution in [-0.2, 0) is 26.0 Å². The molecular weight excluding hydrogens is 428 g/mol. The van der Waals surface area contributed by atoms with Gasteiger partial charge >= 0.3 is 11.8 Å². The van der Waals surface area contributed by atoms with Gasteiger partial charge in [-0.1, -0.05) is 29.8 Å². The number of nitrogens with one attached hydrogen (secondary N) is 2. The quantitative estimate of drug-likeness (QED) is 0.544. The zero-order chi connectivity index (χ0) is 20.9. The molecule has 2 aromatic heterocycles. The molecule has 2 amide bonds. The maximum absolute atomic E-state index is 13.2. The predicted octanol–water partition coefficient (Wildman–Crippen LogP) is 3.07. The summed E-state index contributed by atoms with van der Waals surface area (Å²) in [6.07, 6.45) is 0. The highest BCUT2D eigenvalue weighted by atomic mass is 32.2. The van der Waals surface area contributed by atoms with Crippen molar-refractivity contribution >= 4 is 44.3 Å². The molecule has 0 saturated heterocycles. The lowest BCUT2D eigenvalue weighted by Crippen LogP contribution is -2.41. The summed E-state index contributed by atoms with van der Waals surface area (Å²) in [6, 6.07) is 13.8. The van der Waals surface area contributed by atoms with Crippen LogP contribution in [0.1, 0.15) is 20.6 Å². The van der Waals surface area contributed by atoms with Crippen LogP contribution in [0.25, 0.3) is 0 Å². The number of rotatable bonds is 7. The lowest BCUT2D eigenvalue weighted by molar-refractivity contribution is -0.139. The second-order valence-electron chi connectivity index (χ2n) is 6.33. The molecule has 3 aromatic rings. The first-order valence-corrected chi connectivity index (χ1v) is 12.1. The zero-order valence-electron chi connectivity index (χ0n) is 15.6. The molecule has 0 fully saturated rings. The number of benzene rings is 1. The van der Waals surface area contributed by atoms with E-state index in [1.807, 2.05) is 24.4 Å². The van der Waals surface area contributed by atoms with Crippen LogP contribution < -0.4 is 10.6 Å². The normalized spacial score (nSPS) is 12.3. The largest absolute Gasteiger partial charge is 0.346 e. The van der Waals surface area contributed by atoms with Crippen molar-refractivity contribution in [2.24, 2.45) is 0 Å². The fourth-order valence-corrected chi connectivity index (χ4v) is 6.09. The van der Waals surface area contributed by atoms with E-state index in [-0.39, 0.29) is 18.0 Å². The molecule has 3 rings (SSSR count). The first-order valence-electron chi connectivity index (χ1n) is 8.80. The lowest BCUT2D eigenvalue weighted by Gasteiger charge is -2.17. The van der Waals surface area contributed by atoms with E-state index in [4.69, 9.17) is 0 Å². The molecule has 2 N–H and O–H groups in total. The van der Waals surface area contributed by atoms with Crippen LogP contribution in [0.5, 0.6) is 0 Å². The minimum atomic E-state index is -3.74. The molecule has 1 atom stereocenters. The van der Waals surface area contributed by atoms with Gasteiger partial charge in [-0.2, -0.15) is 0 Å². The Hall–Kier alpha value is -2.49. The van der Waals surface area contributed by atoms with E-state index >= 15 is 0 Å². The van der Waals surface area contributed by atoms with Crippen LogP contribution in [0.3, 0.4) is 0 Å². The minimum absolute atomic E-state index is 0.179. The predicted molar refractivity (Wildman–Crippen MR) is 115 cm³/mol. The van der Waals surface area contributed by atoms with E-state index in [2.05, 4.69) is 10.6 Å². The fourth-order valence-electron chi connectivity index (χ4n) is 2.66. The second kappa shape index (κ2) is 9.34. The molecule has 0 radical (unpaired) electrons. The van der Waals surface area contributed by atoms with Gasteiger partial charge in [0.1, 0.15) is 5.25 Å². The monoisotopic (exact) mass is 448 g/mol. The lowest BCUT2D eigenvalue weighted by atomic mass is 10.2. The number of hydrogen-bond acceptors (Lipinski definition) is 6. The SMILES string of the molecule is Cc1ccc(S(=O)(=O)[C@H](CNC(=O)C(=O)NCc2cccs2)c2cccs2)cc1. The van der Waals surface area contributed by atoms with Crippen LogP contribution in [0.15, 0.2) is 64.2 Å². The van der Waals surface area contributed by atoms with E-state index in [1.54, 1.807) is 41.8 Å². The average molecular weight is 449 g/mol. The van der Waals surface area contributed by atoms with Gasteiger partial charge in [0.15, 0.2) is 9.84 Å². The molecule has 9 heteroatoms. The third kappa shape index (κ3) is 5.31. The number of thiophene rings is 2. The number of sulfone groups is 1. The molecule has 0 saturated carbocycles. The van der Waals surface area contributed by atoms with Crippen molar-refractivity contribution in [1.82, 2.24) is 10.6 Å². The number of carbonyl (C=O) groups is 2. The Bertz CT molecular complexity index is 1060. The number of amides is 2. The maximum atomic E-state index is 13.2. The van der Waals surface area contributed by atoms with Crippen molar-refractivity contribution < 1.29 is 18.0 Å². The zero-order valence-corrected chi connectivity index (χ0v) is 18.1. The van der Waals surface area contributed by atoms with Crippen LogP contribution in [0, 0.1) is 6.92 Å². The van der Waals surface area contributed by atoms with Gasteiger partial charge in [-0.15, -0.1) is 22.7 Å². The first-order chi connectivity index (χ1) is 13.9. The van der Waals surface area contributed by atoms with Crippen LogP contribution >= 0.6 is 22.7 Å². The van der Waals surface area contributed by atoms with E-state index < -0.39 is 26.9 Å². The number of aryl methyl sites for hydroxylation is 1. The van der Waals surface area contributed by atoms with Gasteiger partial charge in [0, 0.05) is 16.3 Å². The van der Waals surface area contributed by atoms with Crippen molar-refractivity contribution in [1.29, 1.82) is 0 Å². The molecule has 0 unspecified atom stereocenters. The Morgan fingerprint density at radius 3 is 2.21 bits per heavy atom. The molecular formula is C20H20N2O4S3. The summed E-state index contributed by atoms with van der Waals surface area (Å²) in [5.74, 6) is -1.65. The maximum Gasteiger partial charge on any atom is 0.309 e. The smallest absolute Gasteiger partial charge is 0.309 e. The summed E-state index contributed by atoms with van der Waals surface area (Å²) >= 11 is 2.77. The standard InChI is InChI=1S/C20H20N2O4S3/c1-14-6-8-16(9-7-14)29(25,26)18(17-5-3-11-28-17)13-22-20(24)19(23)21-12-15-4-2-10-27-15/h2-11,18H,12-13H2,1H3,(H,21,23)(H,22,24)/t18-/m1/s1. The van der Waals surface area contributed by atoms with Crippen molar-refractivity contribution in [3.8, 4) is 0 Å². The van der Waals surface area contributed by atoms with Crippen LogP contribution in [0.4, 0.5) is 0 Å². The Morgan fingerprint density at radius 1 is 0.931 bits per heavy atom. The second-order valence-corrected chi connectivity index (χ2v) is 10.5. The van der Waals surface area contributed by atoms with E-state index in [1.165, 1.54) is 22.7 Å². The summed E-state index contributed by atoms with van der Waals surface area (Å²) < 4.78 is 26.3. The molecule has 29 heavy (non-hydrogen) atoms. The molecule has 0 spiro atoms. The molecule has 0 aliphatic rings. The van der Waals surface area contributed by atoms with Crippen molar-refractivity contribution in [2.45, 2.75) is 23.6 Å². The average Bonchev–Trinajstić information content (AvgIpc) is 3.40. The fraction of sp³-hybridized carbons (Fsp3) is 0.200. The molecule has 152 valence electrons. The van der Waals surface area contributed by atoms with Gasteiger partial charge in [-0.25, -0.2) is 8.42 Å². The molecule has 0 aliphatic carbocycles. The highest BCUT2D eigenvalue weighted by Crippen LogP contribution is 2.31. The Kier molecular flexibility index (Phi) is 6.83. The van der Waals surface area contributed by atoms with Gasteiger partial charge in [0.2, 0.25) is 0 Å². The third-order valence-electron chi connectivity index (χ3n) is 4.24. The topological polar surface area (TPSA) is 92.3 Å². The Morgan fingerprint density at radius 2 is 1.59 bits per heavy atom. The van der Waals surface area contributed by atoms with E-state index in [0.717, 1.165) is 10.4 Å². The van der Waals surface area contributed by atoms with Gasteiger partial charge in [0.25, 0.3) is 0 Å². The summed E-state index contributed by atoms with van der Waals surface area (Å²) in [6.45, 7) is 1.93. The highest BCUT2D eigenvalue weighted by Gasteiger charge is 2.31.